The third-order valence-electron chi connectivity index (χ3n) is 0.638. The summed E-state index contributed by atoms with van der Waals surface area (Å²) in [7, 11) is 0. The summed E-state index contributed by atoms with van der Waals surface area (Å²) < 4.78 is 0. The SMILES string of the molecule is O=c1cccc[n-]1.[Zn]. The van der Waals surface area contributed by atoms with Gasteiger partial charge in [0.05, 0.1) is 5.56 Å². The molecule has 0 fully saturated rings. The molecule has 3 heteroatoms. The molecule has 0 aromatic carbocycles. The van der Waals surface area contributed by atoms with Gasteiger partial charge in [0, 0.05) is 19.5 Å². The smallest absolute Gasteiger partial charge is 0.0775 e. The molecule has 1 heterocycles. The van der Waals surface area contributed by atoms with Gasteiger partial charge in [0.15, 0.2) is 0 Å². The molecule has 0 radical (unpaired) electrons. The third-order valence-corrected chi connectivity index (χ3v) is 0.638. The van der Waals surface area contributed by atoms with Crippen LogP contribution in [0.1, 0.15) is 0 Å². The molecule has 0 bridgehead atoms. The molecule has 0 unspecified atom stereocenters. The van der Waals surface area contributed by atoms with E-state index in [0.717, 1.165) is 0 Å². The average molecular weight is 159 g/mol. The maximum absolute atomic E-state index is 10.2. The Morgan fingerprint density at radius 2 is 2.12 bits per heavy atom. The van der Waals surface area contributed by atoms with Crippen LogP contribution in [0, 0.1) is 0 Å². The second-order valence-electron chi connectivity index (χ2n) is 1.17. The van der Waals surface area contributed by atoms with Crippen molar-refractivity contribution in [1.29, 1.82) is 0 Å². The molecule has 0 spiro atoms. The van der Waals surface area contributed by atoms with Crippen molar-refractivity contribution in [2.75, 3.05) is 0 Å². The number of hydrogen-bond donors (Lipinski definition) is 0. The van der Waals surface area contributed by atoms with Crippen LogP contribution in [0.4, 0.5) is 0 Å². The molecule has 2 nitrogen and oxygen atoms in total. The van der Waals surface area contributed by atoms with Gasteiger partial charge < -0.3 is 9.78 Å². The minimum Gasteiger partial charge on any atom is -0.629 e. The number of nitrogens with zero attached hydrogens (tertiary/aromatic N) is 1. The third kappa shape index (κ3) is 2.03. The topological polar surface area (TPSA) is 31.2 Å². The van der Waals surface area contributed by atoms with E-state index in [1.807, 2.05) is 0 Å². The Labute approximate surface area is 59.7 Å². The van der Waals surface area contributed by atoms with Gasteiger partial charge in [0.1, 0.15) is 0 Å². The summed E-state index contributed by atoms with van der Waals surface area (Å²) >= 11 is 0. The minimum absolute atomic E-state index is 0. The van der Waals surface area contributed by atoms with Crippen molar-refractivity contribution in [1.82, 2.24) is 4.98 Å². The fourth-order valence-electron chi connectivity index (χ4n) is 0.347. The van der Waals surface area contributed by atoms with E-state index in [2.05, 4.69) is 4.98 Å². The molecule has 1 rings (SSSR count). The van der Waals surface area contributed by atoms with E-state index < -0.39 is 0 Å². The van der Waals surface area contributed by atoms with Gasteiger partial charge in [-0.1, -0.05) is 12.1 Å². The maximum atomic E-state index is 10.2. The second kappa shape index (κ2) is 3.56. The van der Waals surface area contributed by atoms with Crippen molar-refractivity contribution < 1.29 is 19.5 Å². The van der Waals surface area contributed by atoms with Crippen LogP contribution in [-0.4, -0.2) is 0 Å². The maximum Gasteiger partial charge on any atom is 0.0775 e. The average Bonchev–Trinajstić information content (AvgIpc) is 1.69. The Hall–Kier alpha value is -0.427. The van der Waals surface area contributed by atoms with Crippen LogP contribution in [0.2, 0.25) is 0 Å². The zero-order valence-corrected chi connectivity index (χ0v) is 7.34. The predicted molar refractivity (Wildman–Crippen MR) is 26.0 cm³/mol. The van der Waals surface area contributed by atoms with Gasteiger partial charge in [-0.15, -0.1) is 0 Å². The Morgan fingerprint density at radius 1 is 1.38 bits per heavy atom. The fourth-order valence-corrected chi connectivity index (χ4v) is 0.347. The molecule has 0 aliphatic rings. The summed E-state index contributed by atoms with van der Waals surface area (Å²) in [6.07, 6.45) is 1.47. The summed E-state index contributed by atoms with van der Waals surface area (Å²) in [4.78, 5) is 13.6. The second-order valence-corrected chi connectivity index (χ2v) is 1.17. The zero-order valence-electron chi connectivity index (χ0n) is 4.37. The molecule has 0 saturated heterocycles. The van der Waals surface area contributed by atoms with Crippen LogP contribution in [0.3, 0.4) is 0 Å². The van der Waals surface area contributed by atoms with E-state index in [9.17, 15) is 4.79 Å². The molecule has 0 amide bonds. The normalized spacial score (nSPS) is 7.50. The van der Waals surface area contributed by atoms with Gasteiger partial charge in [-0.25, -0.2) is 0 Å². The van der Waals surface area contributed by atoms with Crippen LogP contribution in [0.5, 0.6) is 0 Å². The molecular formula is C5H4NOZn-. The van der Waals surface area contributed by atoms with Crippen LogP contribution in [-0.2, 0) is 19.5 Å². The van der Waals surface area contributed by atoms with Crippen LogP contribution < -0.4 is 10.5 Å². The van der Waals surface area contributed by atoms with Crippen molar-refractivity contribution in [3.63, 3.8) is 0 Å². The van der Waals surface area contributed by atoms with Crippen molar-refractivity contribution in [2.24, 2.45) is 0 Å². The standard InChI is InChI=1S/C5H5NO.Zn/c7-5-3-1-2-4-6-5;/h1-4H,(H,6,7);/p-1. The summed E-state index contributed by atoms with van der Waals surface area (Å²) in [6.45, 7) is 0. The molecular weight excluding hydrogens is 155 g/mol. The molecule has 1 aromatic heterocycles. The first-order valence-electron chi connectivity index (χ1n) is 1.97. The van der Waals surface area contributed by atoms with E-state index in [-0.39, 0.29) is 25.0 Å². The van der Waals surface area contributed by atoms with E-state index >= 15 is 0 Å². The van der Waals surface area contributed by atoms with Crippen molar-refractivity contribution in [3.05, 3.63) is 34.7 Å². The number of rotatable bonds is 0. The van der Waals surface area contributed by atoms with Crippen LogP contribution >= 0.6 is 0 Å². The molecule has 0 aliphatic heterocycles. The molecule has 0 saturated carbocycles. The van der Waals surface area contributed by atoms with Gasteiger partial charge in [-0.3, -0.25) is 0 Å². The minimum atomic E-state index is -0.178. The van der Waals surface area contributed by atoms with Gasteiger partial charge in [-0.2, -0.15) is 6.20 Å². The van der Waals surface area contributed by atoms with Crippen molar-refractivity contribution in [3.8, 4) is 0 Å². The first-order chi connectivity index (χ1) is 3.39. The van der Waals surface area contributed by atoms with E-state index in [1.165, 1.54) is 12.3 Å². The predicted octanol–water partition coefficient (Wildman–Crippen LogP) is 0.00150. The molecule has 0 N–H and O–H groups in total. The Kier molecular flexibility index (Phi) is 3.37. The van der Waals surface area contributed by atoms with Crippen LogP contribution in [0.25, 0.3) is 0 Å². The van der Waals surface area contributed by atoms with Crippen LogP contribution in [0.15, 0.2) is 29.2 Å². The van der Waals surface area contributed by atoms with Gasteiger partial charge in [0.2, 0.25) is 0 Å². The molecule has 0 aliphatic carbocycles. The zero-order chi connectivity index (χ0) is 5.11. The van der Waals surface area contributed by atoms with Crippen molar-refractivity contribution >= 4 is 0 Å². The largest absolute Gasteiger partial charge is 0.629 e. The number of pyridine rings is 1. The molecule has 8 heavy (non-hydrogen) atoms. The Balaban J connectivity index is 0.000000490. The van der Waals surface area contributed by atoms with Gasteiger partial charge >= 0.3 is 0 Å². The number of hydrogen-bond acceptors (Lipinski definition) is 1. The first-order valence-corrected chi connectivity index (χ1v) is 1.97. The van der Waals surface area contributed by atoms with E-state index in [0.29, 0.717) is 0 Å². The molecule has 38 valence electrons. The molecule has 0 atom stereocenters. The fraction of sp³-hybridized carbons (Fsp3) is 0. The summed E-state index contributed by atoms with van der Waals surface area (Å²) in [5.41, 5.74) is -0.178. The quantitative estimate of drug-likeness (QED) is 0.499. The monoisotopic (exact) mass is 158 g/mol. The summed E-state index contributed by atoms with van der Waals surface area (Å²) in [5, 5.41) is 0. The first kappa shape index (κ1) is 7.57. The Bertz CT molecular complexity index is 178. The van der Waals surface area contributed by atoms with E-state index in [4.69, 9.17) is 0 Å². The summed E-state index contributed by atoms with van der Waals surface area (Å²) in [6, 6.07) is 4.79. The van der Waals surface area contributed by atoms with E-state index in [1.54, 1.807) is 12.1 Å². The number of aromatic nitrogens is 1. The summed E-state index contributed by atoms with van der Waals surface area (Å²) in [5.74, 6) is 0. The Morgan fingerprint density at radius 3 is 2.38 bits per heavy atom. The van der Waals surface area contributed by atoms with Gasteiger partial charge in [-0.05, 0) is 6.07 Å². The molecule has 1 aromatic rings. The van der Waals surface area contributed by atoms with Crippen molar-refractivity contribution in [2.45, 2.75) is 0 Å². The van der Waals surface area contributed by atoms with Gasteiger partial charge in [0.25, 0.3) is 0 Å².